The zero-order valence-corrected chi connectivity index (χ0v) is 17.5. The first-order valence-corrected chi connectivity index (χ1v) is 11.5. The Hall–Kier alpha value is -1.71. The van der Waals surface area contributed by atoms with Crippen LogP contribution in [0, 0.1) is 16.0 Å². The second kappa shape index (κ2) is 8.75. The molecule has 2 heterocycles. The van der Waals surface area contributed by atoms with E-state index in [1.807, 2.05) is 11.8 Å². The van der Waals surface area contributed by atoms with Crippen molar-refractivity contribution < 1.29 is 13.3 Å². The summed E-state index contributed by atoms with van der Waals surface area (Å²) in [4.78, 5) is 15.6. The summed E-state index contributed by atoms with van der Waals surface area (Å²) in [7, 11) is -3.71. The van der Waals surface area contributed by atoms with Gasteiger partial charge in [0.05, 0.1) is 9.82 Å². The Kier molecular flexibility index (Phi) is 6.57. The number of nitro benzene ring substituents is 1. The number of nitrogens with zero attached hydrogens (tertiary/aromatic N) is 4. The maximum Gasteiger partial charge on any atom is 0.293 e. The standard InChI is InChI=1S/C19H30N4O4S/c1-3-8-20-10-12-21(13-11-20)18-7-6-17(14-19(18)23(24)25)28(26,27)22-9-4-5-16(2)15-22/h6-7,14,16H,3-5,8-13,15H2,1-2H3/t16-/m0/s1. The zero-order valence-electron chi connectivity index (χ0n) is 16.7. The lowest BCUT2D eigenvalue weighted by atomic mass is 10.0. The van der Waals surface area contributed by atoms with Crippen LogP contribution in [0.25, 0.3) is 0 Å². The molecule has 0 bridgehead atoms. The molecule has 28 heavy (non-hydrogen) atoms. The number of hydrogen-bond acceptors (Lipinski definition) is 6. The number of anilines is 1. The van der Waals surface area contributed by atoms with Crippen LogP contribution in [0.4, 0.5) is 11.4 Å². The third-order valence-corrected chi connectivity index (χ3v) is 7.52. The minimum Gasteiger partial charge on any atom is -0.363 e. The van der Waals surface area contributed by atoms with Gasteiger partial charge in [-0.15, -0.1) is 0 Å². The highest BCUT2D eigenvalue weighted by molar-refractivity contribution is 7.89. The van der Waals surface area contributed by atoms with Gasteiger partial charge < -0.3 is 4.90 Å². The van der Waals surface area contributed by atoms with Crippen LogP contribution in [0.1, 0.15) is 33.1 Å². The summed E-state index contributed by atoms with van der Waals surface area (Å²) in [5.41, 5.74) is 0.377. The summed E-state index contributed by atoms with van der Waals surface area (Å²) >= 11 is 0. The van der Waals surface area contributed by atoms with Gasteiger partial charge in [-0.25, -0.2) is 8.42 Å². The van der Waals surface area contributed by atoms with Gasteiger partial charge in [0.25, 0.3) is 5.69 Å². The molecule has 156 valence electrons. The number of piperidine rings is 1. The fourth-order valence-corrected chi connectivity index (χ4v) is 5.74. The van der Waals surface area contributed by atoms with Gasteiger partial charge in [0.1, 0.15) is 5.69 Å². The SMILES string of the molecule is CCCN1CCN(c2ccc(S(=O)(=O)N3CCC[C@H](C)C3)cc2[N+](=O)[O-])CC1. The molecule has 1 aromatic rings. The Labute approximate surface area is 167 Å². The van der Waals surface area contributed by atoms with E-state index in [1.165, 1.54) is 16.4 Å². The van der Waals surface area contributed by atoms with Crippen molar-refractivity contribution >= 4 is 21.4 Å². The number of nitro groups is 1. The van der Waals surface area contributed by atoms with Crippen molar-refractivity contribution in [1.82, 2.24) is 9.21 Å². The molecule has 8 nitrogen and oxygen atoms in total. The Morgan fingerprint density at radius 2 is 1.89 bits per heavy atom. The Morgan fingerprint density at radius 3 is 2.50 bits per heavy atom. The van der Waals surface area contributed by atoms with E-state index in [4.69, 9.17) is 0 Å². The van der Waals surface area contributed by atoms with Crippen LogP contribution in [0.15, 0.2) is 23.1 Å². The van der Waals surface area contributed by atoms with Gasteiger partial charge in [0, 0.05) is 45.3 Å². The van der Waals surface area contributed by atoms with E-state index >= 15 is 0 Å². The Morgan fingerprint density at radius 1 is 1.18 bits per heavy atom. The average molecular weight is 411 g/mol. The largest absolute Gasteiger partial charge is 0.363 e. The minimum atomic E-state index is -3.71. The molecule has 0 aliphatic carbocycles. The summed E-state index contributed by atoms with van der Waals surface area (Å²) < 4.78 is 27.4. The second-order valence-electron chi connectivity index (χ2n) is 7.85. The van der Waals surface area contributed by atoms with Crippen LogP contribution in [-0.4, -0.2) is 68.4 Å². The molecule has 0 aromatic heterocycles. The molecule has 2 fully saturated rings. The van der Waals surface area contributed by atoms with E-state index in [0.717, 1.165) is 38.9 Å². The molecule has 3 rings (SSSR count). The first-order valence-electron chi connectivity index (χ1n) is 10.1. The summed E-state index contributed by atoms with van der Waals surface area (Å²) in [6.45, 7) is 9.27. The van der Waals surface area contributed by atoms with Crippen molar-refractivity contribution in [3.05, 3.63) is 28.3 Å². The third-order valence-electron chi connectivity index (χ3n) is 5.65. The lowest BCUT2D eigenvalue weighted by Gasteiger charge is -2.35. The van der Waals surface area contributed by atoms with Gasteiger partial charge in [0.15, 0.2) is 0 Å². The lowest BCUT2D eigenvalue weighted by molar-refractivity contribution is -0.384. The predicted octanol–water partition coefficient (Wildman–Crippen LogP) is 2.55. The molecule has 2 aliphatic rings. The van der Waals surface area contributed by atoms with Crippen LogP contribution >= 0.6 is 0 Å². The summed E-state index contributed by atoms with van der Waals surface area (Å²) in [5.74, 6) is 0.303. The first kappa shape index (κ1) is 21.0. The van der Waals surface area contributed by atoms with Gasteiger partial charge >= 0.3 is 0 Å². The van der Waals surface area contributed by atoms with Crippen molar-refractivity contribution in [2.45, 2.75) is 38.0 Å². The number of rotatable bonds is 6. The molecule has 0 spiro atoms. The molecule has 2 saturated heterocycles. The Balaban J connectivity index is 1.84. The number of benzene rings is 1. The highest BCUT2D eigenvalue weighted by Gasteiger charge is 2.31. The molecule has 0 saturated carbocycles. The van der Waals surface area contributed by atoms with Gasteiger partial charge in [-0.05, 0) is 43.9 Å². The van der Waals surface area contributed by atoms with Gasteiger partial charge in [0.2, 0.25) is 10.0 Å². The summed E-state index contributed by atoms with van der Waals surface area (Å²) in [5, 5.41) is 11.7. The monoisotopic (exact) mass is 410 g/mol. The Bertz CT molecular complexity index is 806. The van der Waals surface area contributed by atoms with Crippen LogP contribution in [-0.2, 0) is 10.0 Å². The van der Waals surface area contributed by atoms with E-state index in [1.54, 1.807) is 6.07 Å². The fourth-order valence-electron chi connectivity index (χ4n) is 4.12. The van der Waals surface area contributed by atoms with Crippen molar-refractivity contribution in [1.29, 1.82) is 0 Å². The number of sulfonamides is 1. The molecule has 2 aliphatic heterocycles. The van der Waals surface area contributed by atoms with E-state index in [9.17, 15) is 18.5 Å². The minimum absolute atomic E-state index is 0.0154. The van der Waals surface area contributed by atoms with Crippen molar-refractivity contribution in [2.24, 2.45) is 5.92 Å². The number of piperazine rings is 1. The molecule has 9 heteroatoms. The smallest absolute Gasteiger partial charge is 0.293 e. The molecule has 1 atom stereocenters. The highest BCUT2D eigenvalue weighted by Crippen LogP contribution is 2.33. The van der Waals surface area contributed by atoms with E-state index in [0.29, 0.717) is 37.8 Å². The second-order valence-corrected chi connectivity index (χ2v) is 9.78. The quantitative estimate of drug-likeness (QED) is 0.529. The third kappa shape index (κ3) is 4.47. The van der Waals surface area contributed by atoms with Crippen LogP contribution in [0.2, 0.25) is 0 Å². The first-order chi connectivity index (χ1) is 13.3. The molecule has 1 aromatic carbocycles. The van der Waals surface area contributed by atoms with E-state index < -0.39 is 14.9 Å². The maximum atomic E-state index is 13.0. The van der Waals surface area contributed by atoms with E-state index in [-0.39, 0.29) is 10.6 Å². The van der Waals surface area contributed by atoms with Crippen LogP contribution < -0.4 is 4.90 Å². The van der Waals surface area contributed by atoms with Gasteiger partial charge in [-0.1, -0.05) is 13.8 Å². The molecule has 0 amide bonds. The highest BCUT2D eigenvalue weighted by atomic mass is 32.2. The fraction of sp³-hybridized carbons (Fsp3) is 0.684. The van der Waals surface area contributed by atoms with Gasteiger partial charge in [-0.3, -0.25) is 15.0 Å². The molecular formula is C19H30N4O4S. The molecule has 0 N–H and O–H groups in total. The summed E-state index contributed by atoms with van der Waals surface area (Å²) in [6, 6.07) is 4.37. The van der Waals surface area contributed by atoms with Gasteiger partial charge in [-0.2, -0.15) is 4.31 Å². The topological polar surface area (TPSA) is 87.0 Å². The molecule has 0 radical (unpaired) electrons. The average Bonchev–Trinajstić information content (AvgIpc) is 2.68. The van der Waals surface area contributed by atoms with E-state index in [2.05, 4.69) is 11.8 Å². The summed E-state index contributed by atoms with van der Waals surface area (Å²) in [6.07, 6.45) is 2.92. The maximum absolute atomic E-state index is 13.0. The zero-order chi connectivity index (χ0) is 20.3. The van der Waals surface area contributed by atoms with Crippen molar-refractivity contribution in [3.63, 3.8) is 0 Å². The van der Waals surface area contributed by atoms with Crippen molar-refractivity contribution in [3.8, 4) is 0 Å². The predicted molar refractivity (Wildman–Crippen MR) is 109 cm³/mol. The van der Waals surface area contributed by atoms with Crippen LogP contribution in [0.5, 0.6) is 0 Å². The molecular weight excluding hydrogens is 380 g/mol. The lowest BCUT2D eigenvalue weighted by Crippen LogP contribution is -2.46. The molecule has 0 unspecified atom stereocenters. The number of hydrogen-bond donors (Lipinski definition) is 0. The van der Waals surface area contributed by atoms with Crippen molar-refractivity contribution in [2.75, 3.05) is 50.7 Å². The van der Waals surface area contributed by atoms with Crippen LogP contribution in [0.3, 0.4) is 0 Å². The normalized spacial score (nSPS) is 22.4.